The number of aromatic nitrogens is 4. The van der Waals surface area contributed by atoms with E-state index in [-0.39, 0.29) is 0 Å². The van der Waals surface area contributed by atoms with Crippen LogP contribution in [0.2, 0.25) is 0 Å². The molecule has 2 aromatic carbocycles. The normalized spacial score (nSPS) is 13.4. The monoisotopic (exact) mass is 401 g/mol. The molecule has 146 valence electrons. The van der Waals surface area contributed by atoms with Crippen molar-refractivity contribution in [3.8, 4) is 0 Å². The third-order valence-electron chi connectivity index (χ3n) is 5.40. The van der Waals surface area contributed by atoms with Crippen LogP contribution in [0.15, 0.2) is 67.0 Å². The summed E-state index contributed by atoms with van der Waals surface area (Å²) in [4.78, 5) is 7.01. The molecule has 3 heterocycles. The average molecular weight is 402 g/mol. The number of benzene rings is 2. The van der Waals surface area contributed by atoms with Gasteiger partial charge in [-0.1, -0.05) is 72.0 Å². The number of fused-ring (bicyclic) bond motifs is 1. The zero-order valence-electron chi connectivity index (χ0n) is 16.2. The first kappa shape index (κ1) is 18.1. The Bertz CT molecular complexity index is 1070. The number of anilines is 1. The molecule has 2 aromatic heterocycles. The van der Waals surface area contributed by atoms with Crippen LogP contribution in [0.4, 0.5) is 5.13 Å². The van der Waals surface area contributed by atoms with Gasteiger partial charge in [-0.15, -0.1) is 10.2 Å². The number of imidazole rings is 1. The Labute approximate surface area is 174 Å². The van der Waals surface area contributed by atoms with Gasteiger partial charge in [-0.05, 0) is 17.5 Å². The fourth-order valence-electron chi connectivity index (χ4n) is 3.83. The second-order valence-electron chi connectivity index (χ2n) is 7.38. The molecule has 0 radical (unpaired) electrons. The van der Waals surface area contributed by atoms with Crippen LogP contribution in [-0.2, 0) is 32.4 Å². The van der Waals surface area contributed by atoms with E-state index in [4.69, 9.17) is 4.98 Å². The van der Waals surface area contributed by atoms with Crippen molar-refractivity contribution in [3.63, 3.8) is 0 Å². The third-order valence-corrected chi connectivity index (χ3v) is 6.39. The van der Waals surface area contributed by atoms with Crippen LogP contribution >= 0.6 is 11.3 Å². The molecule has 0 amide bonds. The molecule has 0 atom stereocenters. The van der Waals surface area contributed by atoms with Crippen LogP contribution in [0.1, 0.15) is 27.5 Å². The van der Waals surface area contributed by atoms with E-state index >= 15 is 0 Å². The Kier molecular flexibility index (Phi) is 5.09. The van der Waals surface area contributed by atoms with E-state index in [2.05, 4.69) is 74.3 Å². The highest BCUT2D eigenvalue weighted by Gasteiger charge is 2.23. The fraction of sp³-hybridized carbons (Fsp3) is 0.261. The largest absolute Gasteiger partial charge is 0.340 e. The van der Waals surface area contributed by atoms with Crippen molar-refractivity contribution in [3.05, 3.63) is 94.5 Å². The van der Waals surface area contributed by atoms with E-state index in [1.165, 1.54) is 22.5 Å². The molecule has 0 aliphatic carbocycles. The van der Waals surface area contributed by atoms with Crippen molar-refractivity contribution < 1.29 is 0 Å². The molecular weight excluding hydrogens is 378 g/mol. The molecule has 0 N–H and O–H groups in total. The Hall–Kier alpha value is -2.99. The van der Waals surface area contributed by atoms with E-state index in [0.29, 0.717) is 0 Å². The zero-order chi connectivity index (χ0) is 19.5. The first-order valence-corrected chi connectivity index (χ1v) is 10.8. The van der Waals surface area contributed by atoms with Crippen LogP contribution < -0.4 is 4.90 Å². The summed E-state index contributed by atoms with van der Waals surface area (Å²) in [5, 5.41) is 10.9. The van der Waals surface area contributed by atoms with E-state index < -0.39 is 0 Å². The summed E-state index contributed by atoms with van der Waals surface area (Å²) in [5.74, 6) is 0. The molecule has 0 fully saturated rings. The van der Waals surface area contributed by atoms with Gasteiger partial charge in [0.15, 0.2) is 0 Å². The lowest BCUT2D eigenvalue weighted by Gasteiger charge is -2.26. The molecule has 0 saturated heterocycles. The van der Waals surface area contributed by atoms with Crippen LogP contribution in [0.3, 0.4) is 0 Å². The van der Waals surface area contributed by atoms with Gasteiger partial charge in [-0.3, -0.25) is 0 Å². The van der Waals surface area contributed by atoms with Gasteiger partial charge >= 0.3 is 0 Å². The third kappa shape index (κ3) is 4.07. The maximum Gasteiger partial charge on any atom is 0.208 e. The molecule has 0 bridgehead atoms. The molecule has 0 saturated carbocycles. The number of nitrogens with zero attached hydrogens (tertiary/aromatic N) is 5. The Morgan fingerprint density at radius 3 is 2.45 bits per heavy atom. The van der Waals surface area contributed by atoms with E-state index in [0.717, 1.165) is 49.0 Å². The molecule has 0 unspecified atom stereocenters. The number of rotatable bonds is 6. The highest BCUT2D eigenvalue weighted by atomic mass is 32.1. The summed E-state index contributed by atoms with van der Waals surface area (Å²) in [5.41, 5.74) is 5.18. The highest BCUT2D eigenvalue weighted by molar-refractivity contribution is 7.15. The first-order valence-electron chi connectivity index (χ1n) is 10.0. The van der Waals surface area contributed by atoms with E-state index in [1.807, 2.05) is 12.4 Å². The van der Waals surface area contributed by atoms with Gasteiger partial charge in [-0.2, -0.15) is 0 Å². The van der Waals surface area contributed by atoms with Crippen molar-refractivity contribution in [2.24, 2.45) is 0 Å². The zero-order valence-corrected chi connectivity index (χ0v) is 17.1. The van der Waals surface area contributed by atoms with Crippen molar-refractivity contribution in [1.29, 1.82) is 0 Å². The Balaban J connectivity index is 1.24. The lowest BCUT2D eigenvalue weighted by molar-refractivity contribution is 0.623. The molecule has 5 rings (SSSR count). The molecule has 1 aliphatic rings. The van der Waals surface area contributed by atoms with Crippen molar-refractivity contribution in [2.45, 2.75) is 32.4 Å². The minimum Gasteiger partial charge on any atom is -0.340 e. The van der Waals surface area contributed by atoms with Crippen molar-refractivity contribution in [2.75, 3.05) is 11.4 Å². The second kappa shape index (κ2) is 8.17. The van der Waals surface area contributed by atoms with E-state index in [1.54, 1.807) is 11.3 Å². The maximum absolute atomic E-state index is 4.70. The molecule has 4 aromatic rings. The van der Waals surface area contributed by atoms with E-state index in [9.17, 15) is 0 Å². The van der Waals surface area contributed by atoms with Crippen molar-refractivity contribution >= 4 is 16.5 Å². The minimum absolute atomic E-state index is 0.813. The standard InChI is InChI=1S/C23H23N5S/c1-3-7-18(8-4-1)11-13-28-17-24-20-16-27(14-12-21(20)28)23-26-25-22(29-23)15-19-9-5-2-6-10-19/h1-10,17H,11-16H2. The SMILES string of the molecule is c1ccc(CCn2cnc3c2CCN(c2nnc(Cc4ccccc4)s2)C3)cc1. The van der Waals surface area contributed by atoms with Gasteiger partial charge in [0.2, 0.25) is 5.13 Å². The minimum atomic E-state index is 0.813. The van der Waals surface area contributed by atoms with Gasteiger partial charge in [0.05, 0.1) is 18.6 Å². The predicted octanol–water partition coefficient (Wildman–Crippen LogP) is 4.13. The summed E-state index contributed by atoms with van der Waals surface area (Å²) in [6.45, 7) is 2.75. The molecule has 29 heavy (non-hydrogen) atoms. The number of hydrogen-bond donors (Lipinski definition) is 0. The summed E-state index contributed by atoms with van der Waals surface area (Å²) < 4.78 is 2.32. The van der Waals surface area contributed by atoms with Crippen LogP contribution in [0, 0.1) is 0 Å². The molecule has 5 nitrogen and oxygen atoms in total. The number of hydrogen-bond acceptors (Lipinski definition) is 5. The van der Waals surface area contributed by atoms with Gasteiger partial charge < -0.3 is 9.47 Å². The smallest absolute Gasteiger partial charge is 0.208 e. The van der Waals surface area contributed by atoms with Crippen molar-refractivity contribution in [1.82, 2.24) is 19.7 Å². The Morgan fingerprint density at radius 2 is 1.66 bits per heavy atom. The van der Waals surface area contributed by atoms with Gasteiger partial charge in [0.25, 0.3) is 0 Å². The summed E-state index contributed by atoms with van der Waals surface area (Å²) >= 11 is 1.69. The quantitative estimate of drug-likeness (QED) is 0.487. The fourth-order valence-corrected chi connectivity index (χ4v) is 4.73. The lowest BCUT2D eigenvalue weighted by atomic mass is 10.1. The lowest BCUT2D eigenvalue weighted by Crippen LogP contribution is -2.31. The highest BCUT2D eigenvalue weighted by Crippen LogP contribution is 2.27. The van der Waals surface area contributed by atoms with Crippen LogP contribution in [0.25, 0.3) is 0 Å². The molecule has 6 heteroatoms. The molecule has 1 aliphatic heterocycles. The molecule has 0 spiro atoms. The summed E-state index contributed by atoms with van der Waals surface area (Å²) in [6.07, 6.45) is 4.87. The second-order valence-corrected chi connectivity index (χ2v) is 8.42. The van der Waals surface area contributed by atoms with Gasteiger partial charge in [-0.25, -0.2) is 4.98 Å². The molecular formula is C23H23N5S. The summed E-state index contributed by atoms with van der Waals surface area (Å²) in [7, 11) is 0. The topological polar surface area (TPSA) is 46.8 Å². The first-order chi connectivity index (χ1) is 14.3. The number of aryl methyl sites for hydroxylation is 2. The predicted molar refractivity (Wildman–Crippen MR) is 116 cm³/mol. The average Bonchev–Trinajstić information content (AvgIpc) is 3.40. The van der Waals surface area contributed by atoms with Gasteiger partial charge in [0, 0.05) is 31.6 Å². The summed E-state index contributed by atoms with van der Waals surface area (Å²) in [6, 6.07) is 21.1. The van der Waals surface area contributed by atoms with Crippen LogP contribution in [0.5, 0.6) is 0 Å². The Morgan fingerprint density at radius 1 is 0.897 bits per heavy atom. The maximum atomic E-state index is 4.70. The van der Waals surface area contributed by atoms with Gasteiger partial charge in [0.1, 0.15) is 5.01 Å². The van der Waals surface area contributed by atoms with Crippen LogP contribution in [-0.4, -0.2) is 26.3 Å².